The first-order valence-corrected chi connectivity index (χ1v) is 7.40. The van der Waals surface area contributed by atoms with Crippen molar-refractivity contribution >= 4 is 32.5 Å². The van der Waals surface area contributed by atoms with Gasteiger partial charge < -0.3 is 10.2 Å². The molecule has 106 valence electrons. The molecule has 1 aromatic carbocycles. The molecule has 0 bridgehead atoms. The quantitative estimate of drug-likeness (QED) is 0.830. The smallest absolute Gasteiger partial charge is 0.137 e. The molecule has 5 heteroatoms. The number of hydroxylamine groups is 2. The van der Waals surface area contributed by atoms with Gasteiger partial charge in [0.2, 0.25) is 0 Å². The van der Waals surface area contributed by atoms with Crippen LogP contribution >= 0.6 is 15.9 Å². The molecule has 0 unspecified atom stereocenters. The molecule has 3 rings (SSSR count). The van der Waals surface area contributed by atoms with Crippen LogP contribution in [0.15, 0.2) is 28.7 Å². The number of H-pyrrole nitrogens is 1. The lowest BCUT2D eigenvalue weighted by Crippen LogP contribution is -2.48. The number of halogens is 1. The Labute approximate surface area is 126 Å². The number of aromatic amines is 1. The van der Waals surface area contributed by atoms with Gasteiger partial charge in [0.05, 0.1) is 22.1 Å². The summed E-state index contributed by atoms with van der Waals surface area (Å²) < 4.78 is 0.955. The maximum atomic E-state index is 10.5. The van der Waals surface area contributed by atoms with Gasteiger partial charge in [-0.15, -0.1) is 0 Å². The number of hydrogen-bond donors (Lipinski definition) is 2. The van der Waals surface area contributed by atoms with Gasteiger partial charge in [-0.25, -0.2) is 4.98 Å². The number of nitrogens with zero attached hydrogens (tertiary/aromatic N) is 2. The van der Waals surface area contributed by atoms with Crippen molar-refractivity contribution in [3.8, 4) is 0 Å². The fourth-order valence-corrected chi connectivity index (χ4v) is 3.78. The second-order valence-electron chi connectivity index (χ2n) is 6.22. The van der Waals surface area contributed by atoms with Gasteiger partial charge in [0.1, 0.15) is 5.82 Å². The van der Waals surface area contributed by atoms with Gasteiger partial charge in [-0.1, -0.05) is 28.1 Å². The van der Waals surface area contributed by atoms with Crippen LogP contribution in [0.5, 0.6) is 0 Å². The Morgan fingerprint density at radius 1 is 1.15 bits per heavy atom. The first-order valence-electron chi connectivity index (χ1n) is 6.61. The minimum absolute atomic E-state index is 0.474. The predicted octanol–water partition coefficient (Wildman–Crippen LogP) is 3.93. The molecule has 0 radical (unpaired) electrons. The minimum Gasteiger partial charge on any atom is -0.338 e. The standard InChI is InChI=1S/C15H18BrN3O/c1-14(2)11(12(16)15(3,4)19(14)20)13-17-9-7-5-6-8-10(9)18-13/h5-8,20H,1-4H3,(H,17,18). The number of fused-ring (bicyclic) bond motifs is 1. The van der Waals surface area contributed by atoms with Gasteiger partial charge >= 0.3 is 0 Å². The van der Waals surface area contributed by atoms with Crippen LogP contribution in [0.4, 0.5) is 0 Å². The largest absolute Gasteiger partial charge is 0.338 e. The van der Waals surface area contributed by atoms with Crippen LogP contribution in [-0.4, -0.2) is 31.3 Å². The molecular weight excluding hydrogens is 318 g/mol. The molecule has 0 spiro atoms. The second kappa shape index (κ2) is 4.16. The van der Waals surface area contributed by atoms with E-state index >= 15 is 0 Å². The third-order valence-electron chi connectivity index (χ3n) is 4.05. The first-order chi connectivity index (χ1) is 9.26. The summed E-state index contributed by atoms with van der Waals surface area (Å²) >= 11 is 3.65. The number of aromatic nitrogens is 2. The average molecular weight is 336 g/mol. The van der Waals surface area contributed by atoms with Crippen molar-refractivity contribution < 1.29 is 5.21 Å². The van der Waals surface area contributed by atoms with E-state index < -0.39 is 11.1 Å². The zero-order chi connectivity index (χ0) is 14.7. The van der Waals surface area contributed by atoms with Crippen LogP contribution in [0, 0.1) is 0 Å². The Kier molecular flexibility index (Phi) is 2.87. The minimum atomic E-state index is -0.518. The van der Waals surface area contributed by atoms with E-state index in [1.807, 2.05) is 52.0 Å². The van der Waals surface area contributed by atoms with Crippen LogP contribution in [0.3, 0.4) is 0 Å². The number of benzene rings is 1. The molecule has 0 atom stereocenters. The SMILES string of the molecule is CC1(C)C(Br)=C(c2nc3ccccc3[nH]2)C(C)(C)N1O. The summed E-state index contributed by atoms with van der Waals surface area (Å²) in [5.74, 6) is 0.799. The maximum Gasteiger partial charge on any atom is 0.137 e. The van der Waals surface area contributed by atoms with E-state index in [1.165, 1.54) is 5.06 Å². The normalized spacial score (nSPS) is 21.9. The lowest BCUT2D eigenvalue weighted by molar-refractivity contribution is -0.181. The summed E-state index contributed by atoms with van der Waals surface area (Å²) in [7, 11) is 0. The molecule has 1 aromatic heterocycles. The summed E-state index contributed by atoms with van der Waals surface area (Å²) in [5, 5.41) is 11.9. The lowest BCUT2D eigenvalue weighted by atomic mass is 9.96. The summed E-state index contributed by atoms with van der Waals surface area (Å²) in [6.07, 6.45) is 0. The zero-order valence-electron chi connectivity index (χ0n) is 12.0. The van der Waals surface area contributed by atoms with Crippen molar-refractivity contribution in [2.45, 2.75) is 38.8 Å². The van der Waals surface area contributed by atoms with E-state index in [0.29, 0.717) is 0 Å². The highest BCUT2D eigenvalue weighted by molar-refractivity contribution is 9.12. The van der Waals surface area contributed by atoms with Gasteiger partial charge in [-0.2, -0.15) is 5.06 Å². The third-order valence-corrected chi connectivity index (χ3v) is 5.42. The molecule has 0 saturated heterocycles. The average Bonchev–Trinajstić information content (AvgIpc) is 2.84. The van der Waals surface area contributed by atoms with E-state index in [0.717, 1.165) is 26.9 Å². The van der Waals surface area contributed by atoms with Crippen molar-refractivity contribution in [1.29, 1.82) is 0 Å². The van der Waals surface area contributed by atoms with Crippen LogP contribution in [0.25, 0.3) is 16.6 Å². The second-order valence-corrected chi connectivity index (χ2v) is 7.01. The Bertz CT molecular complexity index is 682. The van der Waals surface area contributed by atoms with Crippen molar-refractivity contribution in [1.82, 2.24) is 15.0 Å². The molecule has 0 saturated carbocycles. The van der Waals surface area contributed by atoms with E-state index in [-0.39, 0.29) is 0 Å². The van der Waals surface area contributed by atoms with E-state index in [1.54, 1.807) is 0 Å². The summed E-state index contributed by atoms with van der Waals surface area (Å²) in [4.78, 5) is 8.00. The van der Waals surface area contributed by atoms with Crippen molar-refractivity contribution in [2.75, 3.05) is 0 Å². The molecule has 4 nitrogen and oxygen atoms in total. The third kappa shape index (κ3) is 1.70. The Balaban J connectivity index is 2.24. The van der Waals surface area contributed by atoms with Gasteiger partial charge in [0, 0.05) is 10.1 Å². The van der Waals surface area contributed by atoms with E-state index in [2.05, 4.69) is 25.9 Å². The molecule has 20 heavy (non-hydrogen) atoms. The molecule has 2 aromatic rings. The zero-order valence-corrected chi connectivity index (χ0v) is 13.6. The highest BCUT2D eigenvalue weighted by Gasteiger charge is 2.51. The molecule has 0 amide bonds. The number of nitrogens with one attached hydrogen (secondary N) is 1. The highest BCUT2D eigenvalue weighted by atomic mass is 79.9. The molecule has 0 fully saturated rings. The van der Waals surface area contributed by atoms with Gasteiger partial charge in [-0.3, -0.25) is 0 Å². The first kappa shape index (κ1) is 13.8. The maximum absolute atomic E-state index is 10.5. The van der Waals surface area contributed by atoms with Crippen LogP contribution < -0.4 is 0 Å². The Morgan fingerprint density at radius 2 is 1.80 bits per heavy atom. The molecule has 1 aliphatic rings. The number of imidazole rings is 1. The van der Waals surface area contributed by atoms with Crippen molar-refractivity contribution in [3.05, 3.63) is 34.6 Å². The fraction of sp³-hybridized carbons (Fsp3) is 0.400. The van der Waals surface area contributed by atoms with Gasteiger partial charge in [-0.05, 0) is 39.8 Å². The van der Waals surface area contributed by atoms with E-state index in [9.17, 15) is 5.21 Å². The monoisotopic (exact) mass is 335 g/mol. The molecule has 2 heterocycles. The summed E-state index contributed by atoms with van der Waals surface area (Å²) in [6, 6.07) is 7.94. The lowest BCUT2D eigenvalue weighted by Gasteiger charge is -2.36. The molecule has 0 aliphatic carbocycles. The Hall–Kier alpha value is -1.17. The van der Waals surface area contributed by atoms with Crippen molar-refractivity contribution in [2.24, 2.45) is 0 Å². The molecule has 1 aliphatic heterocycles. The van der Waals surface area contributed by atoms with Crippen LogP contribution in [-0.2, 0) is 0 Å². The van der Waals surface area contributed by atoms with Crippen LogP contribution in [0.1, 0.15) is 33.5 Å². The number of hydrogen-bond acceptors (Lipinski definition) is 3. The Morgan fingerprint density at radius 3 is 2.35 bits per heavy atom. The predicted molar refractivity (Wildman–Crippen MR) is 83.7 cm³/mol. The number of para-hydroxylation sites is 2. The fourth-order valence-electron chi connectivity index (χ4n) is 2.94. The summed E-state index contributed by atoms with van der Waals surface area (Å²) in [6.45, 7) is 7.94. The van der Waals surface area contributed by atoms with Gasteiger partial charge in [0.15, 0.2) is 0 Å². The van der Waals surface area contributed by atoms with Crippen LogP contribution in [0.2, 0.25) is 0 Å². The molecular formula is C15H18BrN3O. The topological polar surface area (TPSA) is 52.2 Å². The summed E-state index contributed by atoms with van der Waals surface area (Å²) in [5.41, 5.74) is 1.93. The van der Waals surface area contributed by atoms with Gasteiger partial charge in [0.25, 0.3) is 0 Å². The molecule has 2 N–H and O–H groups in total. The number of rotatable bonds is 1. The van der Waals surface area contributed by atoms with Crippen molar-refractivity contribution in [3.63, 3.8) is 0 Å². The highest BCUT2D eigenvalue weighted by Crippen LogP contribution is 2.50. The van der Waals surface area contributed by atoms with E-state index in [4.69, 9.17) is 0 Å².